The van der Waals surface area contributed by atoms with Crippen molar-refractivity contribution in [1.29, 1.82) is 0 Å². The first kappa shape index (κ1) is 10.2. The van der Waals surface area contributed by atoms with Crippen molar-refractivity contribution in [3.8, 4) is 5.75 Å². The molecule has 0 radical (unpaired) electrons. The second-order valence-electron chi connectivity index (χ2n) is 4.49. The van der Waals surface area contributed by atoms with Gasteiger partial charge in [-0.05, 0) is 36.0 Å². The number of carbonyl (C=O) groups is 1. The van der Waals surface area contributed by atoms with Gasteiger partial charge in [-0.15, -0.1) is 0 Å². The van der Waals surface area contributed by atoms with Gasteiger partial charge in [0, 0.05) is 0 Å². The van der Waals surface area contributed by atoms with Crippen LogP contribution in [-0.2, 0) is 5.41 Å². The normalized spacial score (nSPS) is 18.0. The topological polar surface area (TPSA) is 26.3 Å². The molecule has 0 N–H and O–H groups in total. The summed E-state index contributed by atoms with van der Waals surface area (Å²) in [6, 6.07) is 5.93. The summed E-state index contributed by atoms with van der Waals surface area (Å²) >= 11 is 0. The molecule has 0 aliphatic heterocycles. The van der Waals surface area contributed by atoms with E-state index < -0.39 is 0 Å². The fourth-order valence-corrected chi connectivity index (χ4v) is 2.20. The van der Waals surface area contributed by atoms with Gasteiger partial charge in [0.25, 0.3) is 0 Å². The summed E-state index contributed by atoms with van der Waals surface area (Å²) in [7, 11) is 1.59. The number of hydrogen-bond acceptors (Lipinski definition) is 2. The molecule has 1 fully saturated rings. The average Bonchev–Trinajstić information content (AvgIpc) is 2.25. The number of carbonyl (C=O) groups excluding carboxylic acids is 1. The van der Waals surface area contributed by atoms with Crippen LogP contribution in [0.25, 0.3) is 0 Å². The molecule has 0 heterocycles. The van der Waals surface area contributed by atoms with E-state index in [1.54, 1.807) is 7.11 Å². The monoisotopic (exact) mass is 204 g/mol. The van der Waals surface area contributed by atoms with Crippen LogP contribution in [0.15, 0.2) is 18.2 Å². The van der Waals surface area contributed by atoms with Gasteiger partial charge in [0.05, 0.1) is 12.7 Å². The van der Waals surface area contributed by atoms with Gasteiger partial charge in [0.15, 0.2) is 6.29 Å². The number of aldehydes is 1. The summed E-state index contributed by atoms with van der Waals surface area (Å²) in [4.78, 5) is 10.9. The Bertz CT molecular complexity index is 378. The fraction of sp³-hybridized carbons (Fsp3) is 0.462. The minimum Gasteiger partial charge on any atom is -0.496 e. The molecule has 1 aliphatic carbocycles. The summed E-state index contributed by atoms with van der Waals surface area (Å²) in [5.74, 6) is 0.664. The summed E-state index contributed by atoms with van der Waals surface area (Å²) < 4.78 is 5.12. The van der Waals surface area contributed by atoms with Crippen molar-refractivity contribution in [2.75, 3.05) is 7.11 Å². The van der Waals surface area contributed by atoms with Crippen molar-refractivity contribution < 1.29 is 9.53 Å². The second-order valence-corrected chi connectivity index (χ2v) is 4.49. The number of hydrogen-bond donors (Lipinski definition) is 0. The first-order valence-electron chi connectivity index (χ1n) is 5.33. The van der Waals surface area contributed by atoms with E-state index in [4.69, 9.17) is 4.74 Å². The molecule has 2 rings (SSSR count). The zero-order valence-corrected chi connectivity index (χ0v) is 9.25. The van der Waals surface area contributed by atoms with E-state index in [0.717, 1.165) is 6.29 Å². The molecule has 0 amide bonds. The highest BCUT2D eigenvalue weighted by molar-refractivity contribution is 5.79. The smallest absolute Gasteiger partial charge is 0.153 e. The number of ether oxygens (including phenoxy) is 1. The van der Waals surface area contributed by atoms with Gasteiger partial charge in [-0.1, -0.05) is 19.4 Å². The third-order valence-electron chi connectivity index (χ3n) is 3.51. The van der Waals surface area contributed by atoms with Crippen molar-refractivity contribution in [3.63, 3.8) is 0 Å². The zero-order chi connectivity index (χ0) is 10.9. The Morgan fingerprint density at radius 3 is 2.60 bits per heavy atom. The van der Waals surface area contributed by atoms with E-state index in [-0.39, 0.29) is 5.41 Å². The molecule has 2 heteroatoms. The highest BCUT2D eigenvalue weighted by Crippen LogP contribution is 2.43. The van der Waals surface area contributed by atoms with E-state index in [1.807, 2.05) is 12.1 Å². The van der Waals surface area contributed by atoms with Gasteiger partial charge in [0.2, 0.25) is 0 Å². The van der Waals surface area contributed by atoms with E-state index >= 15 is 0 Å². The molecular weight excluding hydrogens is 188 g/mol. The predicted octanol–water partition coefficient (Wildman–Crippen LogP) is 2.95. The molecule has 2 nitrogen and oxygen atoms in total. The molecule has 0 bridgehead atoms. The molecule has 1 saturated carbocycles. The minimum atomic E-state index is 0.282. The van der Waals surface area contributed by atoms with Crippen molar-refractivity contribution >= 4 is 6.29 Å². The quantitative estimate of drug-likeness (QED) is 0.707. The SMILES string of the molecule is COc1ccc(C2(C)CCC2)cc1C=O. The maximum Gasteiger partial charge on any atom is 0.153 e. The van der Waals surface area contributed by atoms with Crippen molar-refractivity contribution in [2.24, 2.45) is 0 Å². The van der Waals surface area contributed by atoms with Crippen LogP contribution in [0.1, 0.15) is 42.1 Å². The number of benzene rings is 1. The van der Waals surface area contributed by atoms with Crippen LogP contribution in [0.4, 0.5) is 0 Å². The summed E-state index contributed by atoms with van der Waals surface area (Å²) in [6.45, 7) is 2.26. The standard InChI is InChI=1S/C13H16O2/c1-13(6-3-7-13)11-4-5-12(15-2)10(8-11)9-14/h4-5,8-9H,3,6-7H2,1-2H3. The van der Waals surface area contributed by atoms with Crippen LogP contribution >= 0.6 is 0 Å². The maximum absolute atomic E-state index is 10.9. The Kier molecular flexibility index (Phi) is 2.51. The van der Waals surface area contributed by atoms with Gasteiger partial charge in [-0.25, -0.2) is 0 Å². The van der Waals surface area contributed by atoms with Gasteiger partial charge in [-0.3, -0.25) is 4.79 Å². The zero-order valence-electron chi connectivity index (χ0n) is 9.25. The number of rotatable bonds is 3. The molecule has 0 atom stereocenters. The largest absolute Gasteiger partial charge is 0.496 e. The van der Waals surface area contributed by atoms with Crippen LogP contribution in [0.5, 0.6) is 5.75 Å². The van der Waals surface area contributed by atoms with Gasteiger partial charge in [0.1, 0.15) is 5.75 Å². The number of methoxy groups -OCH3 is 1. The highest BCUT2D eigenvalue weighted by Gasteiger charge is 2.33. The van der Waals surface area contributed by atoms with Crippen molar-refractivity contribution in [2.45, 2.75) is 31.6 Å². The Balaban J connectivity index is 2.38. The van der Waals surface area contributed by atoms with Gasteiger partial charge < -0.3 is 4.74 Å². The highest BCUT2D eigenvalue weighted by atomic mass is 16.5. The Hall–Kier alpha value is -1.31. The average molecular weight is 204 g/mol. The summed E-state index contributed by atoms with van der Waals surface area (Å²) in [5.41, 5.74) is 2.20. The first-order chi connectivity index (χ1) is 7.19. The molecule has 1 aromatic rings. The minimum absolute atomic E-state index is 0.282. The third kappa shape index (κ3) is 1.65. The lowest BCUT2D eigenvalue weighted by atomic mass is 9.66. The maximum atomic E-state index is 10.9. The molecule has 80 valence electrons. The predicted molar refractivity (Wildman–Crippen MR) is 59.6 cm³/mol. The van der Waals surface area contributed by atoms with Crippen LogP contribution in [-0.4, -0.2) is 13.4 Å². The van der Waals surface area contributed by atoms with Gasteiger partial charge in [-0.2, -0.15) is 0 Å². The molecule has 1 aromatic carbocycles. The third-order valence-corrected chi connectivity index (χ3v) is 3.51. The molecule has 0 spiro atoms. The lowest BCUT2D eigenvalue weighted by molar-refractivity contribution is 0.112. The Morgan fingerprint density at radius 2 is 2.13 bits per heavy atom. The summed E-state index contributed by atoms with van der Waals surface area (Å²) in [6.07, 6.45) is 4.60. The second kappa shape index (κ2) is 3.69. The van der Waals surface area contributed by atoms with Crippen LogP contribution in [0.2, 0.25) is 0 Å². The lowest BCUT2D eigenvalue weighted by Crippen LogP contribution is -2.30. The first-order valence-corrected chi connectivity index (χ1v) is 5.33. The Labute approximate surface area is 90.3 Å². The van der Waals surface area contributed by atoms with Crippen LogP contribution < -0.4 is 4.74 Å². The van der Waals surface area contributed by atoms with E-state index in [2.05, 4.69) is 13.0 Å². The molecular formula is C13H16O2. The Morgan fingerprint density at radius 1 is 1.40 bits per heavy atom. The van der Waals surface area contributed by atoms with E-state index in [1.165, 1.54) is 24.8 Å². The van der Waals surface area contributed by atoms with E-state index in [0.29, 0.717) is 11.3 Å². The molecule has 0 saturated heterocycles. The fourth-order valence-electron chi connectivity index (χ4n) is 2.20. The van der Waals surface area contributed by atoms with Crippen molar-refractivity contribution in [1.82, 2.24) is 0 Å². The molecule has 1 aliphatic rings. The lowest BCUT2D eigenvalue weighted by Gasteiger charge is -2.39. The molecule has 0 unspecified atom stereocenters. The van der Waals surface area contributed by atoms with E-state index in [9.17, 15) is 4.79 Å². The summed E-state index contributed by atoms with van der Waals surface area (Å²) in [5, 5.41) is 0. The van der Waals surface area contributed by atoms with Crippen LogP contribution in [0.3, 0.4) is 0 Å². The molecule has 0 aromatic heterocycles. The van der Waals surface area contributed by atoms with Gasteiger partial charge >= 0.3 is 0 Å². The molecule has 15 heavy (non-hydrogen) atoms. The van der Waals surface area contributed by atoms with Crippen molar-refractivity contribution in [3.05, 3.63) is 29.3 Å². The van der Waals surface area contributed by atoms with Crippen LogP contribution in [0, 0.1) is 0 Å².